The molecule has 1 N–H and O–H groups in total. The minimum Gasteiger partial charge on any atom is -0.310 e. The van der Waals surface area contributed by atoms with Crippen LogP contribution in [0.15, 0.2) is 18.5 Å². The van der Waals surface area contributed by atoms with Gasteiger partial charge in [0.1, 0.15) is 5.82 Å². The smallest absolute Gasteiger partial charge is 0.141 e. The monoisotopic (exact) mass is 248 g/mol. The molecule has 18 heavy (non-hydrogen) atoms. The summed E-state index contributed by atoms with van der Waals surface area (Å²) in [5, 5.41) is 3.54. The maximum absolute atomic E-state index is 13.3. The highest BCUT2D eigenvalue weighted by Crippen LogP contribution is 2.60. The number of halogens is 1. The molecule has 3 heteroatoms. The highest BCUT2D eigenvalue weighted by Gasteiger charge is 2.54. The van der Waals surface area contributed by atoms with Crippen LogP contribution < -0.4 is 5.32 Å². The number of nitrogens with one attached hydrogen (secondary N) is 1. The van der Waals surface area contributed by atoms with Gasteiger partial charge in [0, 0.05) is 12.2 Å². The summed E-state index contributed by atoms with van der Waals surface area (Å²) in [6.45, 7) is 3.04. The second kappa shape index (κ2) is 4.96. The molecule has 3 atom stereocenters. The molecule has 0 aromatic carbocycles. The standard InChI is InChI=1S/C15H21FN2/c1-2-18-15(10-7-11(16)9-17-8-10)14-12-5-3-4-6-13(12)14/h7-9,12-15,18H,2-6H2,1H3. The summed E-state index contributed by atoms with van der Waals surface area (Å²) in [5.41, 5.74) is 1.02. The van der Waals surface area contributed by atoms with Crippen LogP contribution >= 0.6 is 0 Å². The number of rotatable bonds is 4. The Hall–Kier alpha value is -0.960. The molecule has 2 saturated carbocycles. The molecule has 0 saturated heterocycles. The average Bonchev–Trinajstić information content (AvgIpc) is 3.10. The molecule has 2 aliphatic carbocycles. The van der Waals surface area contributed by atoms with Crippen molar-refractivity contribution in [2.24, 2.45) is 17.8 Å². The fourth-order valence-corrected chi connectivity index (χ4v) is 3.84. The van der Waals surface area contributed by atoms with Crippen molar-refractivity contribution in [3.05, 3.63) is 29.8 Å². The quantitative estimate of drug-likeness (QED) is 0.884. The fraction of sp³-hybridized carbons (Fsp3) is 0.667. The molecule has 98 valence electrons. The Morgan fingerprint density at radius 3 is 2.67 bits per heavy atom. The summed E-state index contributed by atoms with van der Waals surface area (Å²) in [5.74, 6) is 2.22. The van der Waals surface area contributed by atoms with E-state index in [1.165, 1.54) is 31.9 Å². The number of pyridine rings is 1. The van der Waals surface area contributed by atoms with Gasteiger partial charge in [-0.15, -0.1) is 0 Å². The predicted molar refractivity (Wildman–Crippen MR) is 69.6 cm³/mol. The lowest BCUT2D eigenvalue weighted by atomic mass is 10.0. The van der Waals surface area contributed by atoms with Crippen molar-refractivity contribution in [1.82, 2.24) is 10.3 Å². The number of hydrogen-bond acceptors (Lipinski definition) is 2. The molecule has 1 aromatic heterocycles. The Morgan fingerprint density at radius 1 is 1.33 bits per heavy atom. The van der Waals surface area contributed by atoms with E-state index >= 15 is 0 Å². The van der Waals surface area contributed by atoms with Crippen LogP contribution in [-0.4, -0.2) is 11.5 Å². The van der Waals surface area contributed by atoms with E-state index in [1.807, 2.05) is 6.20 Å². The van der Waals surface area contributed by atoms with E-state index in [0.29, 0.717) is 12.0 Å². The van der Waals surface area contributed by atoms with E-state index in [9.17, 15) is 4.39 Å². The second-order valence-corrected chi connectivity index (χ2v) is 5.66. The Bertz CT molecular complexity index is 409. The van der Waals surface area contributed by atoms with Crippen LogP contribution in [0, 0.1) is 23.6 Å². The molecule has 0 amide bonds. The maximum atomic E-state index is 13.3. The highest BCUT2D eigenvalue weighted by molar-refractivity contribution is 5.21. The zero-order valence-corrected chi connectivity index (χ0v) is 10.9. The van der Waals surface area contributed by atoms with Gasteiger partial charge in [0.2, 0.25) is 0 Å². The molecule has 2 fully saturated rings. The van der Waals surface area contributed by atoms with Crippen LogP contribution in [-0.2, 0) is 0 Å². The van der Waals surface area contributed by atoms with Crippen molar-refractivity contribution >= 4 is 0 Å². The number of hydrogen-bond donors (Lipinski definition) is 1. The Balaban J connectivity index is 1.80. The summed E-state index contributed by atoms with van der Waals surface area (Å²) >= 11 is 0. The van der Waals surface area contributed by atoms with E-state index in [4.69, 9.17) is 0 Å². The van der Waals surface area contributed by atoms with E-state index in [-0.39, 0.29) is 5.82 Å². The first-order chi connectivity index (χ1) is 8.81. The van der Waals surface area contributed by atoms with Crippen LogP contribution in [0.5, 0.6) is 0 Å². The van der Waals surface area contributed by atoms with Gasteiger partial charge in [-0.05, 0) is 48.8 Å². The van der Waals surface area contributed by atoms with Gasteiger partial charge in [0.15, 0.2) is 0 Å². The fourth-order valence-electron chi connectivity index (χ4n) is 3.84. The van der Waals surface area contributed by atoms with Gasteiger partial charge in [-0.25, -0.2) is 4.39 Å². The van der Waals surface area contributed by atoms with Crippen molar-refractivity contribution in [3.63, 3.8) is 0 Å². The lowest BCUT2D eigenvalue weighted by Gasteiger charge is -2.18. The summed E-state index contributed by atoms with van der Waals surface area (Å²) in [6.07, 6.45) is 8.57. The molecule has 1 aromatic rings. The average molecular weight is 248 g/mol. The Kier molecular flexibility index (Phi) is 3.33. The molecule has 0 spiro atoms. The Labute approximate surface area is 108 Å². The minimum absolute atomic E-state index is 0.223. The van der Waals surface area contributed by atoms with Crippen molar-refractivity contribution < 1.29 is 4.39 Å². The zero-order valence-electron chi connectivity index (χ0n) is 10.9. The number of fused-ring (bicyclic) bond motifs is 1. The molecular formula is C15H21FN2. The van der Waals surface area contributed by atoms with Crippen molar-refractivity contribution in [2.75, 3.05) is 6.54 Å². The van der Waals surface area contributed by atoms with Crippen LogP contribution in [0.1, 0.15) is 44.2 Å². The predicted octanol–water partition coefficient (Wildman–Crippen LogP) is 3.31. The third-order valence-corrected chi connectivity index (χ3v) is 4.62. The Morgan fingerprint density at radius 2 is 2.06 bits per heavy atom. The normalized spacial score (nSPS) is 31.8. The van der Waals surface area contributed by atoms with Crippen molar-refractivity contribution in [2.45, 2.75) is 38.6 Å². The van der Waals surface area contributed by atoms with Gasteiger partial charge in [-0.2, -0.15) is 0 Å². The van der Waals surface area contributed by atoms with Gasteiger partial charge < -0.3 is 5.32 Å². The third-order valence-electron chi connectivity index (χ3n) is 4.62. The van der Waals surface area contributed by atoms with Crippen LogP contribution in [0.4, 0.5) is 4.39 Å². The molecule has 0 radical (unpaired) electrons. The molecule has 2 nitrogen and oxygen atoms in total. The van der Waals surface area contributed by atoms with Gasteiger partial charge in [0.25, 0.3) is 0 Å². The lowest BCUT2D eigenvalue weighted by molar-refractivity contribution is 0.452. The second-order valence-electron chi connectivity index (χ2n) is 5.66. The summed E-state index contributed by atoms with van der Waals surface area (Å²) in [7, 11) is 0. The van der Waals surface area contributed by atoms with E-state index in [1.54, 1.807) is 6.07 Å². The van der Waals surface area contributed by atoms with Gasteiger partial charge >= 0.3 is 0 Å². The number of nitrogens with zero attached hydrogens (tertiary/aromatic N) is 1. The van der Waals surface area contributed by atoms with E-state index in [0.717, 1.165) is 23.9 Å². The van der Waals surface area contributed by atoms with Crippen molar-refractivity contribution in [3.8, 4) is 0 Å². The molecule has 1 heterocycles. The summed E-state index contributed by atoms with van der Waals surface area (Å²) in [6, 6.07) is 1.94. The van der Waals surface area contributed by atoms with E-state index < -0.39 is 0 Å². The molecule has 3 rings (SSSR count). The van der Waals surface area contributed by atoms with E-state index in [2.05, 4.69) is 17.2 Å². The first-order valence-electron chi connectivity index (χ1n) is 7.15. The van der Waals surface area contributed by atoms with Crippen LogP contribution in [0.2, 0.25) is 0 Å². The SMILES string of the molecule is CCNC(c1cncc(F)c1)C1C2CCCCC21. The molecule has 0 aliphatic heterocycles. The van der Waals surface area contributed by atoms with Crippen LogP contribution in [0.25, 0.3) is 0 Å². The van der Waals surface area contributed by atoms with Gasteiger partial charge in [-0.3, -0.25) is 4.98 Å². The molecular weight excluding hydrogens is 227 g/mol. The summed E-state index contributed by atoms with van der Waals surface area (Å²) < 4.78 is 13.3. The summed E-state index contributed by atoms with van der Waals surface area (Å²) in [4.78, 5) is 4.00. The first kappa shape index (κ1) is 12.1. The lowest BCUT2D eigenvalue weighted by Crippen LogP contribution is -2.24. The van der Waals surface area contributed by atoms with Gasteiger partial charge in [-0.1, -0.05) is 19.8 Å². The van der Waals surface area contributed by atoms with Crippen LogP contribution in [0.3, 0.4) is 0 Å². The largest absolute Gasteiger partial charge is 0.310 e. The maximum Gasteiger partial charge on any atom is 0.141 e. The molecule has 0 bridgehead atoms. The zero-order chi connectivity index (χ0) is 12.5. The molecule has 3 unspecified atom stereocenters. The third kappa shape index (κ3) is 2.16. The topological polar surface area (TPSA) is 24.9 Å². The minimum atomic E-state index is -0.223. The molecule has 2 aliphatic rings. The highest BCUT2D eigenvalue weighted by atomic mass is 19.1. The van der Waals surface area contributed by atoms with Crippen molar-refractivity contribution in [1.29, 1.82) is 0 Å². The first-order valence-corrected chi connectivity index (χ1v) is 7.15. The number of aromatic nitrogens is 1. The van der Waals surface area contributed by atoms with Gasteiger partial charge in [0.05, 0.1) is 6.20 Å².